The van der Waals surface area contributed by atoms with Crippen molar-refractivity contribution in [3.8, 4) is 0 Å². The number of rotatable bonds is 9. The predicted octanol–water partition coefficient (Wildman–Crippen LogP) is 3.35. The molecule has 0 aliphatic carbocycles. The second kappa shape index (κ2) is 8.03. The van der Waals surface area contributed by atoms with Gasteiger partial charge in [-0.1, -0.05) is 20.8 Å². The highest BCUT2D eigenvalue weighted by atomic mass is 32.2. The van der Waals surface area contributed by atoms with Gasteiger partial charge >= 0.3 is 0 Å². The highest BCUT2D eigenvalue weighted by Gasteiger charge is 2.22. The standard InChI is InChI=1S/C12H23N3S2/c1-4-16-7-5-8-17-9-6-12(2,3)11-10-13-15-14-11/h10H,4-9H2,1-3H3,(H,13,14,15). The molecular formula is C12H23N3S2. The second-order valence-electron chi connectivity index (χ2n) is 4.65. The Morgan fingerprint density at radius 1 is 1.24 bits per heavy atom. The van der Waals surface area contributed by atoms with Crippen molar-refractivity contribution in [2.24, 2.45) is 0 Å². The van der Waals surface area contributed by atoms with Crippen LogP contribution in [0.15, 0.2) is 6.20 Å². The van der Waals surface area contributed by atoms with E-state index in [1.807, 2.05) is 18.0 Å². The minimum absolute atomic E-state index is 0.137. The number of nitrogens with one attached hydrogen (secondary N) is 1. The van der Waals surface area contributed by atoms with Crippen molar-refractivity contribution in [2.75, 3.05) is 23.0 Å². The fourth-order valence-corrected chi connectivity index (χ4v) is 3.52. The van der Waals surface area contributed by atoms with Gasteiger partial charge in [-0.25, -0.2) is 0 Å². The van der Waals surface area contributed by atoms with Gasteiger partial charge in [-0.3, -0.25) is 0 Å². The van der Waals surface area contributed by atoms with E-state index < -0.39 is 0 Å². The van der Waals surface area contributed by atoms with Crippen LogP contribution in [0.5, 0.6) is 0 Å². The van der Waals surface area contributed by atoms with Crippen LogP contribution < -0.4 is 0 Å². The van der Waals surface area contributed by atoms with E-state index in [0.29, 0.717) is 0 Å². The average molecular weight is 273 g/mol. The summed E-state index contributed by atoms with van der Waals surface area (Å²) in [5, 5.41) is 10.8. The molecule has 3 nitrogen and oxygen atoms in total. The summed E-state index contributed by atoms with van der Waals surface area (Å²) >= 11 is 4.09. The fraction of sp³-hybridized carbons (Fsp3) is 0.833. The molecule has 0 aromatic carbocycles. The SMILES string of the molecule is CCSCCCSCCC(C)(C)c1cn[nH]n1. The summed E-state index contributed by atoms with van der Waals surface area (Å²) in [5.41, 5.74) is 1.21. The third-order valence-electron chi connectivity index (χ3n) is 2.76. The lowest BCUT2D eigenvalue weighted by Gasteiger charge is -2.21. The molecule has 1 N–H and O–H groups in total. The van der Waals surface area contributed by atoms with Gasteiger partial charge in [-0.05, 0) is 35.9 Å². The van der Waals surface area contributed by atoms with Gasteiger partial charge in [0.25, 0.3) is 0 Å². The highest BCUT2D eigenvalue weighted by molar-refractivity contribution is 8.00. The van der Waals surface area contributed by atoms with Gasteiger partial charge in [0.2, 0.25) is 0 Å². The van der Waals surface area contributed by atoms with Crippen molar-refractivity contribution in [2.45, 2.75) is 39.0 Å². The van der Waals surface area contributed by atoms with E-state index in [-0.39, 0.29) is 5.41 Å². The van der Waals surface area contributed by atoms with Crippen molar-refractivity contribution in [1.29, 1.82) is 0 Å². The first-order chi connectivity index (χ1) is 8.17. The molecule has 0 unspecified atom stereocenters. The monoisotopic (exact) mass is 273 g/mol. The zero-order chi connectivity index (χ0) is 12.6. The van der Waals surface area contributed by atoms with E-state index in [2.05, 4.69) is 47.9 Å². The third kappa shape index (κ3) is 5.82. The van der Waals surface area contributed by atoms with Gasteiger partial charge in [0.1, 0.15) is 0 Å². The van der Waals surface area contributed by atoms with Gasteiger partial charge < -0.3 is 0 Å². The first-order valence-electron chi connectivity index (χ1n) is 6.18. The van der Waals surface area contributed by atoms with E-state index in [9.17, 15) is 0 Å². The van der Waals surface area contributed by atoms with Gasteiger partial charge in [0.05, 0.1) is 11.9 Å². The van der Waals surface area contributed by atoms with Gasteiger partial charge in [-0.2, -0.15) is 38.9 Å². The molecule has 1 heterocycles. The summed E-state index contributed by atoms with van der Waals surface area (Å²) < 4.78 is 0. The van der Waals surface area contributed by atoms with Crippen LogP contribution in [0.25, 0.3) is 0 Å². The molecule has 0 aliphatic rings. The maximum Gasteiger partial charge on any atom is 0.0881 e. The molecule has 0 radical (unpaired) electrons. The van der Waals surface area contributed by atoms with Crippen LogP contribution in [0.2, 0.25) is 0 Å². The summed E-state index contributed by atoms with van der Waals surface area (Å²) in [5.74, 6) is 5.03. The predicted molar refractivity (Wildman–Crippen MR) is 79.0 cm³/mol. The van der Waals surface area contributed by atoms with Gasteiger partial charge in [0, 0.05) is 5.41 Å². The molecule has 98 valence electrons. The second-order valence-corrected chi connectivity index (χ2v) is 7.27. The molecule has 1 aromatic rings. The molecule has 17 heavy (non-hydrogen) atoms. The first kappa shape index (κ1) is 14.9. The minimum Gasteiger partial charge on any atom is -0.198 e. The zero-order valence-electron chi connectivity index (χ0n) is 11.0. The van der Waals surface area contributed by atoms with Crippen LogP contribution in [-0.4, -0.2) is 38.4 Å². The maximum atomic E-state index is 4.18. The Morgan fingerprint density at radius 3 is 2.65 bits per heavy atom. The Morgan fingerprint density at radius 2 is 2.00 bits per heavy atom. The van der Waals surface area contributed by atoms with Crippen LogP contribution in [-0.2, 0) is 5.41 Å². The number of thioether (sulfide) groups is 2. The number of aromatic amines is 1. The minimum atomic E-state index is 0.137. The summed E-state index contributed by atoms with van der Waals surface area (Å²) in [7, 11) is 0. The summed E-state index contributed by atoms with van der Waals surface area (Å²) in [6.45, 7) is 6.69. The molecule has 1 aromatic heterocycles. The molecule has 5 heteroatoms. The average Bonchev–Trinajstić information content (AvgIpc) is 2.82. The number of H-pyrrole nitrogens is 1. The third-order valence-corrected chi connectivity index (χ3v) is 4.82. The Hall–Kier alpha value is -0.160. The highest BCUT2D eigenvalue weighted by Crippen LogP contribution is 2.26. The molecule has 0 atom stereocenters. The van der Waals surface area contributed by atoms with Gasteiger partial charge in [0.15, 0.2) is 0 Å². The van der Waals surface area contributed by atoms with Crippen LogP contribution in [0.1, 0.15) is 39.3 Å². The lowest BCUT2D eigenvalue weighted by atomic mass is 9.87. The van der Waals surface area contributed by atoms with E-state index in [1.54, 1.807) is 0 Å². The number of hydrogen-bond donors (Lipinski definition) is 1. The molecule has 1 rings (SSSR count). The smallest absolute Gasteiger partial charge is 0.0881 e. The summed E-state index contributed by atoms with van der Waals surface area (Å²) in [4.78, 5) is 0. The number of aromatic nitrogens is 3. The van der Waals surface area contributed by atoms with E-state index in [1.165, 1.54) is 29.4 Å². The van der Waals surface area contributed by atoms with Crippen LogP contribution >= 0.6 is 23.5 Å². The van der Waals surface area contributed by atoms with Gasteiger partial charge in [-0.15, -0.1) is 0 Å². The van der Waals surface area contributed by atoms with Crippen LogP contribution in [0.4, 0.5) is 0 Å². The Balaban J connectivity index is 2.10. The normalized spacial score (nSPS) is 11.9. The quantitative estimate of drug-likeness (QED) is 0.701. The lowest BCUT2D eigenvalue weighted by molar-refractivity contribution is 0.493. The van der Waals surface area contributed by atoms with Crippen LogP contribution in [0, 0.1) is 0 Å². The van der Waals surface area contributed by atoms with Crippen molar-refractivity contribution in [3.05, 3.63) is 11.9 Å². The Bertz CT molecular complexity index is 286. The molecule has 0 fully saturated rings. The zero-order valence-corrected chi connectivity index (χ0v) is 12.7. The maximum absolute atomic E-state index is 4.18. The molecule has 0 spiro atoms. The Labute approximate surface area is 113 Å². The van der Waals surface area contributed by atoms with E-state index >= 15 is 0 Å². The molecular weight excluding hydrogens is 250 g/mol. The number of nitrogens with zero attached hydrogens (tertiary/aromatic N) is 2. The Kier molecular flexibility index (Phi) is 7.04. The first-order valence-corrected chi connectivity index (χ1v) is 8.49. The topological polar surface area (TPSA) is 41.6 Å². The van der Waals surface area contributed by atoms with Crippen molar-refractivity contribution in [1.82, 2.24) is 15.4 Å². The lowest BCUT2D eigenvalue weighted by Crippen LogP contribution is -2.18. The van der Waals surface area contributed by atoms with Crippen LogP contribution in [0.3, 0.4) is 0 Å². The van der Waals surface area contributed by atoms with Crippen molar-refractivity contribution >= 4 is 23.5 Å². The molecule has 0 aliphatic heterocycles. The van der Waals surface area contributed by atoms with Crippen molar-refractivity contribution in [3.63, 3.8) is 0 Å². The largest absolute Gasteiger partial charge is 0.198 e. The summed E-state index contributed by atoms with van der Waals surface area (Å²) in [6, 6.07) is 0. The molecule has 0 amide bonds. The van der Waals surface area contributed by atoms with Crippen molar-refractivity contribution < 1.29 is 0 Å². The molecule has 0 bridgehead atoms. The van der Waals surface area contributed by atoms with E-state index in [0.717, 1.165) is 12.1 Å². The molecule has 0 saturated carbocycles. The van der Waals surface area contributed by atoms with E-state index in [4.69, 9.17) is 0 Å². The number of hydrogen-bond acceptors (Lipinski definition) is 4. The fourth-order valence-electron chi connectivity index (χ4n) is 1.49. The summed E-state index contributed by atoms with van der Waals surface area (Å²) in [6.07, 6.45) is 4.32. The molecule has 0 saturated heterocycles.